The zero-order valence-corrected chi connectivity index (χ0v) is 10.3. The maximum atomic E-state index is 12.7. The standard InChI is InChI=1S/C6H12Cl3FOSi/c1-6(2,10)11-4-3-5-12(7,8)9/h3-5H2,1-2H3. The van der Waals surface area contributed by atoms with Crippen LogP contribution in [0.1, 0.15) is 20.3 Å². The molecule has 0 heterocycles. The molecule has 0 rings (SSSR count). The lowest BCUT2D eigenvalue weighted by atomic mass is 10.4. The fourth-order valence-electron chi connectivity index (χ4n) is 0.587. The number of alkyl halides is 1. The minimum absolute atomic E-state index is 0.296. The molecule has 0 saturated carbocycles. The molecule has 0 fully saturated rings. The van der Waals surface area contributed by atoms with Crippen molar-refractivity contribution in [1.29, 1.82) is 0 Å². The second kappa shape index (κ2) is 5.01. The van der Waals surface area contributed by atoms with Crippen molar-refractivity contribution in [1.82, 2.24) is 0 Å². The molecule has 0 bridgehead atoms. The average Bonchev–Trinajstić information content (AvgIpc) is 1.76. The van der Waals surface area contributed by atoms with Gasteiger partial charge in [0.1, 0.15) is 0 Å². The van der Waals surface area contributed by atoms with Gasteiger partial charge in [-0.15, -0.1) is 33.2 Å². The van der Waals surface area contributed by atoms with Gasteiger partial charge in [-0.3, -0.25) is 0 Å². The Kier molecular flexibility index (Phi) is 5.41. The summed E-state index contributed by atoms with van der Waals surface area (Å²) < 4.78 is 17.5. The predicted octanol–water partition coefficient (Wildman–Crippen LogP) is 3.75. The molecular weight excluding hydrogens is 242 g/mol. The predicted molar refractivity (Wildman–Crippen MR) is 53.9 cm³/mol. The average molecular weight is 254 g/mol. The van der Waals surface area contributed by atoms with Crippen molar-refractivity contribution >= 4 is 39.2 Å². The molecule has 0 unspecified atom stereocenters. The molecule has 0 aliphatic rings. The molecule has 0 N–H and O–H groups in total. The van der Waals surface area contributed by atoms with Crippen LogP contribution < -0.4 is 0 Å². The minimum atomic E-state index is -2.54. The van der Waals surface area contributed by atoms with Gasteiger partial charge in [0.2, 0.25) is 5.85 Å². The maximum Gasteiger partial charge on any atom is 0.341 e. The zero-order valence-electron chi connectivity index (χ0n) is 7.04. The van der Waals surface area contributed by atoms with E-state index in [0.717, 1.165) is 0 Å². The first-order valence-electron chi connectivity index (χ1n) is 3.60. The Morgan fingerprint density at radius 2 is 1.83 bits per heavy atom. The highest BCUT2D eigenvalue weighted by atomic mass is 35.8. The molecule has 0 spiro atoms. The van der Waals surface area contributed by atoms with E-state index in [-0.39, 0.29) is 0 Å². The Labute approximate surface area is 87.2 Å². The molecule has 0 aliphatic heterocycles. The second-order valence-corrected chi connectivity index (χ2v) is 12.2. The van der Waals surface area contributed by atoms with E-state index in [1.165, 1.54) is 13.8 Å². The van der Waals surface area contributed by atoms with E-state index in [1.807, 2.05) is 0 Å². The molecule has 0 aromatic carbocycles. The third-order valence-corrected chi connectivity index (χ3v) is 3.67. The van der Waals surface area contributed by atoms with E-state index in [1.54, 1.807) is 0 Å². The highest BCUT2D eigenvalue weighted by Gasteiger charge is 2.24. The van der Waals surface area contributed by atoms with Crippen molar-refractivity contribution in [2.45, 2.75) is 32.2 Å². The largest absolute Gasteiger partial charge is 0.346 e. The maximum absolute atomic E-state index is 12.7. The summed E-state index contributed by atoms with van der Waals surface area (Å²) in [4.78, 5) is 0. The van der Waals surface area contributed by atoms with Crippen molar-refractivity contribution in [2.24, 2.45) is 0 Å². The van der Waals surface area contributed by atoms with Gasteiger partial charge in [0.25, 0.3) is 0 Å². The van der Waals surface area contributed by atoms with Crippen molar-refractivity contribution in [3.05, 3.63) is 0 Å². The fraction of sp³-hybridized carbons (Fsp3) is 1.00. The Hall–Kier alpha value is 0.977. The van der Waals surface area contributed by atoms with Gasteiger partial charge in [-0.05, 0) is 26.3 Å². The summed E-state index contributed by atoms with van der Waals surface area (Å²) in [7, 11) is 0. The summed E-state index contributed by atoms with van der Waals surface area (Å²) in [6, 6.07) is -2.03. The van der Waals surface area contributed by atoms with Crippen LogP contribution in [0.2, 0.25) is 6.04 Å². The highest BCUT2D eigenvalue weighted by Crippen LogP contribution is 2.26. The van der Waals surface area contributed by atoms with Crippen LogP contribution in [0.3, 0.4) is 0 Å². The highest BCUT2D eigenvalue weighted by molar-refractivity contribution is 7.64. The molecule has 0 radical (unpaired) electrons. The van der Waals surface area contributed by atoms with Gasteiger partial charge in [0, 0.05) is 0 Å². The lowest BCUT2D eigenvalue weighted by Gasteiger charge is -2.15. The molecule has 0 saturated heterocycles. The van der Waals surface area contributed by atoms with Crippen LogP contribution >= 0.6 is 33.2 Å². The number of halogens is 4. The molecule has 0 amide bonds. The molecule has 12 heavy (non-hydrogen) atoms. The van der Waals surface area contributed by atoms with E-state index in [2.05, 4.69) is 0 Å². The van der Waals surface area contributed by atoms with Crippen molar-refractivity contribution < 1.29 is 9.13 Å². The Balaban J connectivity index is 3.35. The van der Waals surface area contributed by atoms with Crippen molar-refractivity contribution in [3.63, 3.8) is 0 Å². The molecule has 0 aliphatic carbocycles. The zero-order chi connectivity index (χ0) is 9.83. The molecule has 0 aromatic heterocycles. The fourth-order valence-corrected chi connectivity index (χ4v) is 2.34. The van der Waals surface area contributed by atoms with Crippen LogP contribution in [0.4, 0.5) is 4.39 Å². The first-order valence-corrected chi connectivity index (χ1v) is 8.84. The SMILES string of the molecule is CC(C)(F)OCCC[Si](Cl)(Cl)Cl. The van der Waals surface area contributed by atoms with Crippen LogP contribution in [0, 0.1) is 0 Å². The Morgan fingerprint density at radius 1 is 1.33 bits per heavy atom. The lowest BCUT2D eigenvalue weighted by molar-refractivity contribution is -0.115. The summed E-state index contributed by atoms with van der Waals surface area (Å²) in [5, 5.41) is 0. The number of rotatable bonds is 5. The summed E-state index contributed by atoms with van der Waals surface area (Å²) in [6.07, 6.45) is 0.593. The molecule has 6 heteroatoms. The van der Waals surface area contributed by atoms with E-state index < -0.39 is 11.9 Å². The first-order chi connectivity index (χ1) is 5.21. The van der Waals surface area contributed by atoms with Gasteiger partial charge in [0.05, 0.1) is 6.61 Å². The molecule has 0 aromatic rings. The third-order valence-electron chi connectivity index (χ3n) is 1.05. The van der Waals surface area contributed by atoms with Crippen LogP contribution in [-0.2, 0) is 4.74 Å². The third kappa shape index (κ3) is 11.0. The van der Waals surface area contributed by atoms with Crippen molar-refractivity contribution in [2.75, 3.05) is 6.61 Å². The number of hydrogen-bond acceptors (Lipinski definition) is 1. The van der Waals surface area contributed by atoms with Gasteiger partial charge in [0.15, 0.2) is 0 Å². The lowest BCUT2D eigenvalue weighted by Crippen LogP contribution is -2.19. The van der Waals surface area contributed by atoms with Gasteiger partial charge >= 0.3 is 6.00 Å². The molecule has 74 valence electrons. The molecular formula is C6H12Cl3FOSi. The van der Waals surface area contributed by atoms with E-state index >= 15 is 0 Å². The molecule has 1 nitrogen and oxygen atoms in total. The van der Waals surface area contributed by atoms with Crippen molar-refractivity contribution in [3.8, 4) is 0 Å². The molecule has 0 atom stereocenters. The minimum Gasteiger partial charge on any atom is -0.346 e. The Bertz CT molecular complexity index is 116. The van der Waals surface area contributed by atoms with Gasteiger partial charge in [-0.2, -0.15) is 0 Å². The van der Waals surface area contributed by atoms with Crippen LogP contribution in [0.5, 0.6) is 0 Å². The van der Waals surface area contributed by atoms with Crippen LogP contribution in [0.15, 0.2) is 0 Å². The van der Waals surface area contributed by atoms with E-state index in [9.17, 15) is 4.39 Å². The summed E-state index contributed by atoms with van der Waals surface area (Å²) >= 11 is 16.8. The quantitative estimate of drug-likeness (QED) is 0.412. The first kappa shape index (κ1) is 13.0. The number of hydrogen-bond donors (Lipinski definition) is 0. The topological polar surface area (TPSA) is 9.23 Å². The second-order valence-electron chi connectivity index (χ2n) is 2.93. The Morgan fingerprint density at radius 3 is 2.17 bits per heavy atom. The van der Waals surface area contributed by atoms with Gasteiger partial charge in [-0.25, -0.2) is 4.39 Å². The van der Waals surface area contributed by atoms with E-state index in [4.69, 9.17) is 38.0 Å². The normalized spacial score (nSPS) is 13.5. The van der Waals surface area contributed by atoms with Gasteiger partial charge in [-0.1, -0.05) is 0 Å². The summed E-state index contributed by atoms with van der Waals surface area (Å²) in [5.41, 5.74) is 0. The summed E-state index contributed by atoms with van der Waals surface area (Å²) in [5.74, 6) is -1.59. The van der Waals surface area contributed by atoms with Crippen LogP contribution in [-0.4, -0.2) is 18.5 Å². The van der Waals surface area contributed by atoms with Crippen LogP contribution in [0.25, 0.3) is 0 Å². The summed E-state index contributed by atoms with van der Waals surface area (Å²) in [6.45, 7) is 2.99. The monoisotopic (exact) mass is 252 g/mol. The van der Waals surface area contributed by atoms with Gasteiger partial charge < -0.3 is 4.74 Å². The smallest absolute Gasteiger partial charge is 0.341 e. The number of ether oxygens (including phenoxy) is 1. The van der Waals surface area contributed by atoms with E-state index in [0.29, 0.717) is 19.1 Å².